The van der Waals surface area contributed by atoms with E-state index in [2.05, 4.69) is 17.6 Å². The van der Waals surface area contributed by atoms with Crippen LogP contribution in [0.1, 0.15) is 35.5 Å². The van der Waals surface area contributed by atoms with Crippen LogP contribution in [-0.4, -0.2) is 23.8 Å². The van der Waals surface area contributed by atoms with Crippen LogP contribution in [0.25, 0.3) is 0 Å². The van der Waals surface area contributed by atoms with E-state index in [0.717, 1.165) is 16.8 Å². The number of hydrogen-bond donors (Lipinski definition) is 0. The summed E-state index contributed by atoms with van der Waals surface area (Å²) in [7, 11) is -3.47. The summed E-state index contributed by atoms with van der Waals surface area (Å²) in [6, 6.07) is 9.46. The summed E-state index contributed by atoms with van der Waals surface area (Å²) in [5, 5.41) is 0. The third-order valence-electron chi connectivity index (χ3n) is 4.55. The van der Waals surface area contributed by atoms with Crippen molar-refractivity contribution in [3.8, 4) is 0 Å². The molecule has 0 amide bonds. The lowest BCUT2D eigenvalue weighted by Crippen LogP contribution is -2.41. The van der Waals surface area contributed by atoms with Crippen LogP contribution >= 0.6 is 0 Å². The summed E-state index contributed by atoms with van der Waals surface area (Å²) in [5.41, 5.74) is 4.14. The van der Waals surface area contributed by atoms with E-state index < -0.39 is 10.0 Å². The molecule has 3 rings (SSSR count). The molecule has 0 fully saturated rings. The molecule has 0 bridgehead atoms. The van der Waals surface area contributed by atoms with Crippen molar-refractivity contribution in [3.63, 3.8) is 0 Å². The zero-order chi connectivity index (χ0) is 16.1. The molecule has 118 valence electrons. The molecule has 5 heteroatoms. The zero-order valence-electron chi connectivity index (χ0n) is 13.5. The highest BCUT2D eigenvalue weighted by Gasteiger charge is 2.35. The number of hydrogen-bond acceptors (Lipinski definition) is 2. The lowest BCUT2D eigenvalue weighted by molar-refractivity contribution is 0.280. The van der Waals surface area contributed by atoms with Gasteiger partial charge in [0, 0.05) is 24.5 Å². The van der Waals surface area contributed by atoms with Crippen LogP contribution in [0, 0.1) is 20.8 Å². The predicted molar refractivity (Wildman–Crippen MR) is 87.4 cm³/mol. The molecule has 0 radical (unpaired) electrons. The molecule has 1 aromatic carbocycles. The Balaban J connectivity index is 2.03. The van der Waals surface area contributed by atoms with Crippen LogP contribution in [0.15, 0.2) is 35.2 Å². The second-order valence-electron chi connectivity index (χ2n) is 6.11. The molecule has 2 heterocycles. The van der Waals surface area contributed by atoms with E-state index in [0.29, 0.717) is 18.0 Å². The van der Waals surface area contributed by atoms with Crippen LogP contribution < -0.4 is 0 Å². The topological polar surface area (TPSA) is 42.3 Å². The van der Waals surface area contributed by atoms with Crippen molar-refractivity contribution in [1.82, 2.24) is 8.87 Å². The van der Waals surface area contributed by atoms with E-state index in [1.807, 2.05) is 39.0 Å². The summed E-state index contributed by atoms with van der Waals surface area (Å²) < 4.78 is 30.0. The molecule has 1 aromatic heterocycles. The summed E-state index contributed by atoms with van der Waals surface area (Å²) in [5.74, 6) is 0. The van der Waals surface area contributed by atoms with Gasteiger partial charge in [-0.15, -0.1) is 0 Å². The molecular weight excluding hydrogens is 296 g/mol. The van der Waals surface area contributed by atoms with Crippen molar-refractivity contribution >= 4 is 10.0 Å². The maximum absolute atomic E-state index is 13.1. The molecule has 0 aliphatic carbocycles. The fourth-order valence-corrected chi connectivity index (χ4v) is 5.15. The number of sulfonamides is 1. The van der Waals surface area contributed by atoms with Gasteiger partial charge in [0.15, 0.2) is 0 Å². The summed E-state index contributed by atoms with van der Waals surface area (Å²) >= 11 is 0. The van der Waals surface area contributed by atoms with Gasteiger partial charge in [-0.05, 0) is 51.5 Å². The summed E-state index contributed by atoms with van der Waals surface area (Å²) in [6.07, 6.45) is 0. The van der Waals surface area contributed by atoms with Crippen molar-refractivity contribution in [2.75, 3.05) is 6.54 Å². The van der Waals surface area contributed by atoms with E-state index in [9.17, 15) is 8.42 Å². The zero-order valence-corrected chi connectivity index (χ0v) is 14.3. The van der Waals surface area contributed by atoms with Gasteiger partial charge in [0.05, 0.1) is 10.9 Å². The standard InChI is InChI=1S/C17H22N2O2S/c1-12-5-8-17(13(2)11-12)22(20,21)19-10-9-18-14(3)6-7-16(18)15(19)4/h5-8,11,15H,9-10H2,1-4H3/t15-/m1/s1. The van der Waals surface area contributed by atoms with Crippen molar-refractivity contribution in [2.45, 2.75) is 45.2 Å². The van der Waals surface area contributed by atoms with Crippen molar-refractivity contribution < 1.29 is 8.42 Å². The molecule has 22 heavy (non-hydrogen) atoms. The van der Waals surface area contributed by atoms with Crippen molar-refractivity contribution in [1.29, 1.82) is 0 Å². The van der Waals surface area contributed by atoms with Crippen LogP contribution in [0.4, 0.5) is 0 Å². The van der Waals surface area contributed by atoms with E-state index in [1.165, 1.54) is 5.69 Å². The van der Waals surface area contributed by atoms with E-state index >= 15 is 0 Å². The Kier molecular flexibility index (Phi) is 3.65. The van der Waals surface area contributed by atoms with Gasteiger partial charge in [0.1, 0.15) is 0 Å². The molecule has 0 saturated heterocycles. The largest absolute Gasteiger partial charge is 0.346 e. The Morgan fingerprint density at radius 2 is 1.77 bits per heavy atom. The molecular formula is C17H22N2O2S. The smallest absolute Gasteiger partial charge is 0.243 e. The van der Waals surface area contributed by atoms with Gasteiger partial charge < -0.3 is 4.57 Å². The summed E-state index contributed by atoms with van der Waals surface area (Å²) in [6.45, 7) is 9.09. The van der Waals surface area contributed by atoms with Gasteiger partial charge in [0.2, 0.25) is 10.0 Å². The first kappa shape index (κ1) is 15.3. The Bertz CT molecular complexity index is 821. The number of fused-ring (bicyclic) bond motifs is 1. The number of nitrogens with zero attached hydrogens (tertiary/aromatic N) is 2. The van der Waals surface area contributed by atoms with Gasteiger partial charge in [-0.25, -0.2) is 8.42 Å². The maximum atomic E-state index is 13.1. The molecule has 4 nitrogen and oxygen atoms in total. The first-order chi connectivity index (χ1) is 10.3. The predicted octanol–water partition coefficient (Wildman–Crippen LogP) is 3.18. The van der Waals surface area contributed by atoms with Gasteiger partial charge in [0.25, 0.3) is 0 Å². The van der Waals surface area contributed by atoms with Crippen LogP contribution in [0.3, 0.4) is 0 Å². The SMILES string of the molecule is Cc1ccc(S(=O)(=O)N2CCn3c(C)ccc3[C@H]2C)c(C)c1. The average molecular weight is 318 g/mol. The lowest BCUT2D eigenvalue weighted by Gasteiger charge is -2.34. The second-order valence-corrected chi connectivity index (χ2v) is 7.97. The van der Waals surface area contributed by atoms with Crippen LogP contribution in [0.2, 0.25) is 0 Å². The number of benzene rings is 1. The molecule has 0 spiro atoms. The van der Waals surface area contributed by atoms with Gasteiger partial charge in [-0.1, -0.05) is 17.7 Å². The minimum atomic E-state index is -3.47. The minimum Gasteiger partial charge on any atom is -0.346 e. The second kappa shape index (κ2) is 5.25. The summed E-state index contributed by atoms with van der Waals surface area (Å²) in [4.78, 5) is 0.418. The highest BCUT2D eigenvalue weighted by atomic mass is 32.2. The highest BCUT2D eigenvalue weighted by Crippen LogP contribution is 2.33. The monoisotopic (exact) mass is 318 g/mol. The third kappa shape index (κ3) is 2.29. The molecule has 0 N–H and O–H groups in total. The first-order valence-corrected chi connectivity index (χ1v) is 9.01. The van der Waals surface area contributed by atoms with Gasteiger partial charge in [-0.3, -0.25) is 0 Å². The molecule has 0 unspecified atom stereocenters. The molecule has 1 aliphatic heterocycles. The maximum Gasteiger partial charge on any atom is 0.243 e. The Labute approximate surface area is 132 Å². The third-order valence-corrected chi connectivity index (χ3v) is 6.68. The molecule has 1 aliphatic rings. The molecule has 1 atom stereocenters. The Morgan fingerprint density at radius 3 is 2.45 bits per heavy atom. The number of aromatic nitrogens is 1. The number of rotatable bonds is 2. The molecule has 2 aromatic rings. The van der Waals surface area contributed by atoms with Gasteiger partial charge in [-0.2, -0.15) is 4.31 Å². The van der Waals surface area contributed by atoms with Crippen molar-refractivity contribution in [3.05, 3.63) is 52.8 Å². The normalized spacial score (nSPS) is 19.2. The van der Waals surface area contributed by atoms with E-state index in [1.54, 1.807) is 10.4 Å². The van der Waals surface area contributed by atoms with E-state index in [4.69, 9.17) is 0 Å². The minimum absolute atomic E-state index is 0.145. The van der Waals surface area contributed by atoms with Gasteiger partial charge >= 0.3 is 0 Å². The number of aryl methyl sites for hydroxylation is 3. The molecule has 0 saturated carbocycles. The van der Waals surface area contributed by atoms with Crippen LogP contribution in [-0.2, 0) is 16.6 Å². The quantitative estimate of drug-likeness (QED) is 0.853. The Hall–Kier alpha value is -1.59. The fourth-order valence-electron chi connectivity index (χ4n) is 3.34. The highest BCUT2D eigenvalue weighted by molar-refractivity contribution is 7.89. The Morgan fingerprint density at radius 1 is 1.05 bits per heavy atom. The van der Waals surface area contributed by atoms with Crippen LogP contribution in [0.5, 0.6) is 0 Å². The lowest BCUT2D eigenvalue weighted by atomic mass is 10.2. The van der Waals surface area contributed by atoms with E-state index in [-0.39, 0.29) is 6.04 Å². The fraction of sp³-hybridized carbons (Fsp3) is 0.412. The average Bonchev–Trinajstić information content (AvgIpc) is 2.81. The first-order valence-electron chi connectivity index (χ1n) is 7.57. The van der Waals surface area contributed by atoms with Crippen molar-refractivity contribution in [2.24, 2.45) is 0 Å².